The number of imidazole rings is 1. The lowest BCUT2D eigenvalue weighted by Gasteiger charge is -2.16. The van der Waals surface area contributed by atoms with E-state index in [4.69, 9.17) is 4.98 Å². The van der Waals surface area contributed by atoms with Gasteiger partial charge in [-0.25, -0.2) is 9.97 Å². The third-order valence-corrected chi connectivity index (χ3v) is 4.21. The van der Waals surface area contributed by atoms with Crippen LogP contribution in [0.1, 0.15) is 12.5 Å². The van der Waals surface area contributed by atoms with Crippen molar-refractivity contribution in [2.45, 2.75) is 12.5 Å². The quantitative estimate of drug-likeness (QED) is 0.722. The van der Waals surface area contributed by atoms with E-state index in [0.29, 0.717) is 6.04 Å². The molecular weight excluding hydrogens is 260 g/mol. The molecule has 0 spiro atoms. The third-order valence-electron chi connectivity index (χ3n) is 4.21. The summed E-state index contributed by atoms with van der Waals surface area (Å²) in [6.07, 6.45) is 3.01. The maximum absolute atomic E-state index is 4.83. The summed E-state index contributed by atoms with van der Waals surface area (Å²) < 4.78 is 2.33. The molecular formula is C17H18N4. The molecule has 4 nitrogen and oxygen atoms in total. The van der Waals surface area contributed by atoms with Crippen molar-refractivity contribution in [1.82, 2.24) is 19.4 Å². The second kappa shape index (κ2) is 4.97. The summed E-state index contributed by atoms with van der Waals surface area (Å²) in [7, 11) is 2.18. The van der Waals surface area contributed by atoms with Gasteiger partial charge in [0.05, 0.1) is 6.04 Å². The molecule has 1 saturated heterocycles. The first-order valence-electron chi connectivity index (χ1n) is 7.40. The van der Waals surface area contributed by atoms with Crippen molar-refractivity contribution in [2.75, 3.05) is 20.1 Å². The predicted octanol–water partition coefficient (Wildman–Crippen LogP) is 2.97. The minimum absolute atomic E-state index is 0.449. The van der Waals surface area contributed by atoms with Gasteiger partial charge < -0.3 is 9.47 Å². The number of nitrogens with zero attached hydrogens (tertiary/aromatic N) is 4. The summed E-state index contributed by atoms with van der Waals surface area (Å²) in [5, 5.41) is 0. The van der Waals surface area contributed by atoms with Gasteiger partial charge in [-0.3, -0.25) is 0 Å². The van der Waals surface area contributed by atoms with Crippen molar-refractivity contribution >= 4 is 11.2 Å². The van der Waals surface area contributed by atoms with Gasteiger partial charge in [0.2, 0.25) is 0 Å². The molecule has 0 radical (unpaired) electrons. The fraction of sp³-hybridized carbons (Fsp3) is 0.294. The number of aromatic nitrogens is 3. The molecule has 1 aromatic carbocycles. The Balaban J connectivity index is 1.93. The molecule has 0 amide bonds. The van der Waals surface area contributed by atoms with E-state index in [0.717, 1.165) is 42.1 Å². The molecule has 0 N–H and O–H groups in total. The Kier molecular flexibility index (Phi) is 2.97. The number of likely N-dealkylation sites (tertiary alicyclic amines) is 1. The van der Waals surface area contributed by atoms with Gasteiger partial charge in [-0.05, 0) is 32.1 Å². The first kappa shape index (κ1) is 12.5. The number of pyridine rings is 1. The highest BCUT2D eigenvalue weighted by Gasteiger charge is 2.26. The van der Waals surface area contributed by atoms with Crippen LogP contribution in [-0.4, -0.2) is 39.6 Å². The third kappa shape index (κ3) is 2.12. The molecule has 106 valence electrons. The Morgan fingerprint density at radius 1 is 1.10 bits per heavy atom. The first-order chi connectivity index (χ1) is 10.3. The maximum atomic E-state index is 4.83. The molecule has 1 atom stereocenters. The van der Waals surface area contributed by atoms with Gasteiger partial charge in [0.1, 0.15) is 11.3 Å². The van der Waals surface area contributed by atoms with Gasteiger partial charge in [0.25, 0.3) is 0 Å². The summed E-state index contributed by atoms with van der Waals surface area (Å²) in [6, 6.07) is 14.9. The highest BCUT2D eigenvalue weighted by Crippen LogP contribution is 2.31. The smallest absolute Gasteiger partial charge is 0.160 e. The lowest BCUT2D eigenvalue weighted by atomic mass is 10.2. The van der Waals surface area contributed by atoms with Crippen molar-refractivity contribution < 1.29 is 0 Å². The number of rotatable bonds is 2. The van der Waals surface area contributed by atoms with E-state index < -0.39 is 0 Å². The van der Waals surface area contributed by atoms with Crippen LogP contribution in [0.15, 0.2) is 48.7 Å². The zero-order valence-corrected chi connectivity index (χ0v) is 12.1. The van der Waals surface area contributed by atoms with E-state index in [-0.39, 0.29) is 0 Å². The van der Waals surface area contributed by atoms with E-state index in [1.807, 2.05) is 24.4 Å². The summed E-state index contributed by atoms with van der Waals surface area (Å²) >= 11 is 0. The molecule has 3 aromatic rings. The number of fused-ring (bicyclic) bond motifs is 1. The predicted molar refractivity (Wildman–Crippen MR) is 84.1 cm³/mol. The van der Waals surface area contributed by atoms with Gasteiger partial charge in [0, 0.05) is 18.3 Å². The van der Waals surface area contributed by atoms with Gasteiger partial charge in [0.15, 0.2) is 5.65 Å². The SMILES string of the molecule is CN1CCC(n2c(-c3ccccc3)nc3cccnc32)C1. The molecule has 1 aliphatic rings. The minimum Gasteiger partial charge on any atom is -0.304 e. The summed E-state index contributed by atoms with van der Waals surface area (Å²) in [4.78, 5) is 11.8. The molecule has 0 bridgehead atoms. The second-order valence-electron chi connectivity index (χ2n) is 5.72. The molecule has 21 heavy (non-hydrogen) atoms. The second-order valence-corrected chi connectivity index (χ2v) is 5.72. The van der Waals surface area contributed by atoms with Crippen molar-refractivity contribution in [2.24, 2.45) is 0 Å². The summed E-state index contributed by atoms with van der Waals surface area (Å²) in [5.74, 6) is 1.03. The van der Waals surface area contributed by atoms with Crippen molar-refractivity contribution in [3.63, 3.8) is 0 Å². The largest absolute Gasteiger partial charge is 0.304 e. The lowest BCUT2D eigenvalue weighted by molar-refractivity contribution is 0.395. The van der Waals surface area contributed by atoms with Crippen molar-refractivity contribution in [1.29, 1.82) is 0 Å². The van der Waals surface area contributed by atoms with Crippen LogP contribution < -0.4 is 0 Å². The maximum Gasteiger partial charge on any atom is 0.160 e. The monoisotopic (exact) mass is 278 g/mol. The fourth-order valence-electron chi connectivity index (χ4n) is 3.19. The molecule has 4 rings (SSSR count). The van der Waals surface area contributed by atoms with Crippen molar-refractivity contribution in [3.8, 4) is 11.4 Å². The van der Waals surface area contributed by atoms with E-state index in [1.165, 1.54) is 0 Å². The van der Waals surface area contributed by atoms with Crippen LogP contribution in [-0.2, 0) is 0 Å². The summed E-state index contributed by atoms with van der Waals surface area (Å²) in [6.45, 7) is 2.19. The van der Waals surface area contributed by atoms with Crippen LogP contribution >= 0.6 is 0 Å². The van der Waals surface area contributed by atoms with Crippen LogP contribution in [0.2, 0.25) is 0 Å². The average molecular weight is 278 g/mol. The van der Waals surface area contributed by atoms with E-state index in [1.54, 1.807) is 0 Å². The Hall–Kier alpha value is -2.20. The Morgan fingerprint density at radius 2 is 1.95 bits per heavy atom. The van der Waals surface area contributed by atoms with Crippen molar-refractivity contribution in [3.05, 3.63) is 48.7 Å². The van der Waals surface area contributed by atoms with Gasteiger partial charge in [-0.2, -0.15) is 0 Å². The Bertz CT molecular complexity index is 763. The number of hydrogen-bond donors (Lipinski definition) is 0. The standard InChI is InChI=1S/C17H18N4/c1-20-11-9-14(12-20)21-16(13-6-3-2-4-7-13)19-15-8-5-10-18-17(15)21/h2-8,10,14H,9,11-12H2,1H3. The molecule has 1 fully saturated rings. The van der Waals surface area contributed by atoms with Crippen LogP contribution in [0, 0.1) is 0 Å². The average Bonchev–Trinajstić information content (AvgIpc) is 3.11. The Morgan fingerprint density at radius 3 is 2.71 bits per heavy atom. The number of likely N-dealkylation sites (N-methyl/N-ethyl adjacent to an activating group) is 1. The van der Waals surface area contributed by atoms with Crippen LogP contribution in [0.3, 0.4) is 0 Å². The fourth-order valence-corrected chi connectivity index (χ4v) is 3.19. The zero-order valence-electron chi connectivity index (χ0n) is 12.1. The van der Waals surface area contributed by atoms with E-state index >= 15 is 0 Å². The Labute approximate surface area is 124 Å². The minimum atomic E-state index is 0.449. The van der Waals surface area contributed by atoms with E-state index in [2.05, 4.69) is 45.8 Å². The van der Waals surface area contributed by atoms with Crippen LogP contribution in [0.25, 0.3) is 22.6 Å². The van der Waals surface area contributed by atoms with Gasteiger partial charge >= 0.3 is 0 Å². The number of hydrogen-bond acceptors (Lipinski definition) is 3. The molecule has 2 aromatic heterocycles. The zero-order chi connectivity index (χ0) is 14.2. The lowest BCUT2D eigenvalue weighted by Crippen LogP contribution is -2.17. The summed E-state index contributed by atoms with van der Waals surface area (Å²) in [5.41, 5.74) is 3.13. The molecule has 4 heteroatoms. The normalized spacial score (nSPS) is 19.4. The van der Waals surface area contributed by atoms with Crippen LogP contribution in [0.5, 0.6) is 0 Å². The number of benzene rings is 1. The molecule has 1 unspecified atom stereocenters. The molecule has 0 aliphatic carbocycles. The van der Waals surface area contributed by atoms with Crippen LogP contribution in [0.4, 0.5) is 0 Å². The van der Waals surface area contributed by atoms with Gasteiger partial charge in [-0.15, -0.1) is 0 Å². The van der Waals surface area contributed by atoms with Gasteiger partial charge in [-0.1, -0.05) is 30.3 Å². The highest BCUT2D eigenvalue weighted by atomic mass is 15.2. The molecule has 0 saturated carbocycles. The molecule has 3 heterocycles. The molecule has 1 aliphatic heterocycles. The topological polar surface area (TPSA) is 34.0 Å². The first-order valence-corrected chi connectivity index (χ1v) is 7.40. The van der Waals surface area contributed by atoms with E-state index in [9.17, 15) is 0 Å². The highest BCUT2D eigenvalue weighted by molar-refractivity contribution is 5.77.